The third-order valence-electron chi connectivity index (χ3n) is 4.85. The van der Waals surface area contributed by atoms with E-state index in [1.54, 1.807) is 18.2 Å². The maximum Gasteiger partial charge on any atom is 0.573 e. The fraction of sp³-hybridized carbons (Fsp3) is 0.217. The maximum absolute atomic E-state index is 14.7. The van der Waals surface area contributed by atoms with Crippen LogP contribution in [0, 0.1) is 5.82 Å². The zero-order valence-corrected chi connectivity index (χ0v) is 17.1. The van der Waals surface area contributed by atoms with E-state index < -0.39 is 35.3 Å². The average Bonchev–Trinajstić information content (AvgIpc) is 2.69. The van der Waals surface area contributed by atoms with Crippen LogP contribution in [0.1, 0.15) is 35.3 Å². The predicted molar refractivity (Wildman–Crippen MR) is 109 cm³/mol. The van der Waals surface area contributed by atoms with Crippen LogP contribution in [0.3, 0.4) is 0 Å². The topological polar surface area (TPSA) is 75.6 Å². The van der Waals surface area contributed by atoms with Gasteiger partial charge < -0.3 is 15.2 Å². The summed E-state index contributed by atoms with van der Waals surface area (Å²) in [6, 6.07) is 12.6. The minimum Gasteiger partial charge on any atom is -0.480 e. The van der Waals surface area contributed by atoms with Gasteiger partial charge in [-0.2, -0.15) is 0 Å². The van der Waals surface area contributed by atoms with Crippen molar-refractivity contribution in [1.82, 2.24) is 5.32 Å². The van der Waals surface area contributed by atoms with Gasteiger partial charge in [-0.05, 0) is 55.0 Å². The third kappa shape index (κ3) is 5.16. The van der Waals surface area contributed by atoms with E-state index in [4.69, 9.17) is 0 Å². The van der Waals surface area contributed by atoms with Gasteiger partial charge in [-0.3, -0.25) is 4.79 Å². The van der Waals surface area contributed by atoms with Crippen LogP contribution in [0.15, 0.2) is 54.6 Å². The second-order valence-corrected chi connectivity index (χ2v) is 7.68. The number of fused-ring (bicyclic) bond motifs is 1. The van der Waals surface area contributed by atoms with Crippen molar-refractivity contribution in [3.05, 3.63) is 77.1 Å². The number of hydrogen-bond acceptors (Lipinski definition) is 3. The van der Waals surface area contributed by atoms with Gasteiger partial charge in [0.25, 0.3) is 5.91 Å². The van der Waals surface area contributed by atoms with Gasteiger partial charge in [0.15, 0.2) is 0 Å². The first-order chi connectivity index (χ1) is 14.9. The smallest absolute Gasteiger partial charge is 0.480 e. The SMILES string of the molecule is CC(C)(NC(=O)c1cc(F)c2ccccc2c1Cc1ccc(OC(F)(F)F)cc1)C(=O)O. The van der Waals surface area contributed by atoms with Gasteiger partial charge in [-0.25, -0.2) is 9.18 Å². The number of carboxylic acid groups (broad SMARTS) is 1. The summed E-state index contributed by atoms with van der Waals surface area (Å²) in [7, 11) is 0. The lowest BCUT2D eigenvalue weighted by atomic mass is 9.92. The summed E-state index contributed by atoms with van der Waals surface area (Å²) in [5.41, 5.74) is -0.716. The Bertz CT molecular complexity index is 1170. The van der Waals surface area contributed by atoms with Gasteiger partial charge in [-0.1, -0.05) is 36.4 Å². The van der Waals surface area contributed by atoms with Crippen molar-refractivity contribution in [2.24, 2.45) is 0 Å². The first-order valence-corrected chi connectivity index (χ1v) is 9.48. The number of carboxylic acids is 1. The predicted octanol–water partition coefficient (Wildman–Crippen LogP) is 5.06. The molecule has 3 rings (SSSR count). The van der Waals surface area contributed by atoms with E-state index in [1.807, 2.05) is 0 Å². The minimum atomic E-state index is -4.82. The Hall–Kier alpha value is -3.62. The number of halogens is 4. The molecule has 0 fully saturated rings. The van der Waals surface area contributed by atoms with Crippen LogP contribution in [0.5, 0.6) is 5.75 Å². The zero-order chi connectivity index (χ0) is 23.7. The quantitative estimate of drug-likeness (QED) is 0.516. The number of ether oxygens (including phenoxy) is 1. The second kappa shape index (κ2) is 8.49. The first kappa shape index (κ1) is 23.1. The van der Waals surface area contributed by atoms with E-state index in [2.05, 4.69) is 10.1 Å². The highest BCUT2D eigenvalue weighted by Gasteiger charge is 2.32. The summed E-state index contributed by atoms with van der Waals surface area (Å²) in [6.45, 7) is 2.59. The van der Waals surface area contributed by atoms with E-state index >= 15 is 0 Å². The molecule has 0 aliphatic heterocycles. The molecule has 0 bridgehead atoms. The molecule has 0 radical (unpaired) electrons. The number of benzene rings is 3. The Morgan fingerprint density at radius 3 is 2.16 bits per heavy atom. The fourth-order valence-electron chi connectivity index (χ4n) is 3.20. The number of alkyl halides is 3. The number of rotatable bonds is 6. The summed E-state index contributed by atoms with van der Waals surface area (Å²) in [6.07, 6.45) is -4.74. The monoisotopic (exact) mass is 449 g/mol. The van der Waals surface area contributed by atoms with Crippen LogP contribution in [0.2, 0.25) is 0 Å². The van der Waals surface area contributed by atoms with Crippen molar-refractivity contribution in [2.75, 3.05) is 0 Å². The summed E-state index contributed by atoms with van der Waals surface area (Å²) in [5.74, 6) is -3.11. The van der Waals surface area contributed by atoms with Crippen molar-refractivity contribution < 1.29 is 37.0 Å². The Kier molecular flexibility index (Phi) is 6.11. The van der Waals surface area contributed by atoms with Gasteiger partial charge in [0.2, 0.25) is 0 Å². The van der Waals surface area contributed by atoms with Crippen LogP contribution >= 0.6 is 0 Å². The minimum absolute atomic E-state index is 0.0638. The normalized spacial score (nSPS) is 11.9. The van der Waals surface area contributed by atoms with Gasteiger partial charge in [0.1, 0.15) is 17.1 Å². The van der Waals surface area contributed by atoms with Gasteiger partial charge in [-0.15, -0.1) is 13.2 Å². The Morgan fingerprint density at radius 2 is 1.59 bits per heavy atom. The van der Waals surface area contributed by atoms with Crippen molar-refractivity contribution in [2.45, 2.75) is 32.2 Å². The fourth-order valence-corrected chi connectivity index (χ4v) is 3.20. The lowest BCUT2D eigenvalue weighted by Crippen LogP contribution is -2.49. The molecule has 9 heteroatoms. The summed E-state index contributed by atoms with van der Waals surface area (Å²) >= 11 is 0. The number of hydrogen-bond donors (Lipinski definition) is 2. The van der Waals surface area contributed by atoms with E-state index in [0.717, 1.165) is 18.2 Å². The number of carbonyl (C=O) groups excluding carboxylic acids is 1. The molecule has 0 atom stereocenters. The van der Waals surface area contributed by atoms with E-state index in [1.165, 1.54) is 32.0 Å². The molecular formula is C23H19F4NO4. The molecule has 0 aromatic heterocycles. The van der Waals surface area contributed by atoms with Crippen molar-refractivity contribution in [3.63, 3.8) is 0 Å². The molecule has 5 nitrogen and oxygen atoms in total. The van der Waals surface area contributed by atoms with Gasteiger partial charge in [0, 0.05) is 10.9 Å². The van der Waals surface area contributed by atoms with Crippen LogP contribution < -0.4 is 10.1 Å². The van der Waals surface area contributed by atoms with Crippen LogP contribution in [0.25, 0.3) is 10.8 Å². The molecule has 2 N–H and O–H groups in total. The van der Waals surface area contributed by atoms with E-state index in [0.29, 0.717) is 16.5 Å². The molecule has 1 amide bonds. The second-order valence-electron chi connectivity index (χ2n) is 7.68. The molecule has 3 aromatic carbocycles. The highest BCUT2D eigenvalue weighted by Crippen LogP contribution is 2.29. The number of nitrogens with one attached hydrogen (secondary N) is 1. The largest absolute Gasteiger partial charge is 0.573 e. The van der Waals surface area contributed by atoms with Crippen molar-refractivity contribution in [1.29, 1.82) is 0 Å². The maximum atomic E-state index is 14.7. The lowest BCUT2D eigenvalue weighted by Gasteiger charge is -2.22. The molecule has 0 aliphatic carbocycles. The van der Waals surface area contributed by atoms with Crippen LogP contribution in [0.4, 0.5) is 17.6 Å². The molecule has 0 saturated heterocycles. The average molecular weight is 449 g/mol. The molecule has 0 heterocycles. The van der Waals surface area contributed by atoms with Crippen molar-refractivity contribution in [3.8, 4) is 5.75 Å². The van der Waals surface area contributed by atoms with E-state index in [-0.39, 0.29) is 17.4 Å². The summed E-state index contributed by atoms with van der Waals surface area (Å²) < 4.78 is 55.7. The molecule has 3 aromatic rings. The van der Waals surface area contributed by atoms with Crippen LogP contribution in [-0.4, -0.2) is 28.9 Å². The van der Waals surface area contributed by atoms with Gasteiger partial charge >= 0.3 is 12.3 Å². The summed E-state index contributed by atoms with van der Waals surface area (Å²) in [5, 5.41) is 12.4. The Morgan fingerprint density at radius 1 is 1.00 bits per heavy atom. The molecular weight excluding hydrogens is 430 g/mol. The summed E-state index contributed by atoms with van der Waals surface area (Å²) in [4.78, 5) is 24.3. The highest BCUT2D eigenvalue weighted by atomic mass is 19.4. The Balaban J connectivity index is 2.04. The number of aliphatic carboxylic acids is 1. The van der Waals surface area contributed by atoms with Crippen LogP contribution in [-0.2, 0) is 11.2 Å². The molecule has 0 aliphatic rings. The van der Waals surface area contributed by atoms with Gasteiger partial charge in [0.05, 0.1) is 0 Å². The number of carbonyl (C=O) groups is 2. The lowest BCUT2D eigenvalue weighted by molar-refractivity contribution is -0.274. The molecule has 0 spiro atoms. The van der Waals surface area contributed by atoms with E-state index in [9.17, 15) is 32.3 Å². The first-order valence-electron chi connectivity index (χ1n) is 9.48. The van der Waals surface area contributed by atoms with Crippen molar-refractivity contribution >= 4 is 22.6 Å². The number of amides is 1. The molecule has 32 heavy (non-hydrogen) atoms. The molecule has 0 unspecified atom stereocenters. The highest BCUT2D eigenvalue weighted by molar-refractivity contribution is 6.03. The third-order valence-corrected chi connectivity index (χ3v) is 4.85. The molecule has 0 saturated carbocycles. The molecule has 168 valence electrons. The zero-order valence-electron chi connectivity index (χ0n) is 17.1. The standard InChI is InChI=1S/C23H19F4NO4/c1-22(2,21(30)31)28-20(29)18-12-19(24)16-6-4-3-5-15(16)17(18)11-13-7-9-14(10-8-13)32-23(25,26)27/h3-10,12H,11H2,1-2H3,(H,28,29)(H,30,31). The Labute approximate surface area is 180 Å².